The summed E-state index contributed by atoms with van der Waals surface area (Å²) < 4.78 is 5.47. The van der Waals surface area contributed by atoms with Gasteiger partial charge in [-0.25, -0.2) is 0 Å². The van der Waals surface area contributed by atoms with Crippen molar-refractivity contribution in [3.8, 4) is 0 Å². The SMILES string of the molecule is O=C(OCc1ccccc1)C(CCSc1ccccc1)C1C=N1. The molecule has 1 aliphatic rings. The fraction of sp³-hybridized carbons (Fsp3) is 0.263. The fourth-order valence-corrected chi connectivity index (χ4v) is 3.30. The molecule has 4 heteroatoms. The smallest absolute Gasteiger partial charge is 0.311 e. The summed E-state index contributed by atoms with van der Waals surface area (Å²) in [4.78, 5) is 17.7. The Hall–Kier alpha value is -2.07. The van der Waals surface area contributed by atoms with Gasteiger partial charge in [0.05, 0.1) is 12.0 Å². The van der Waals surface area contributed by atoms with Gasteiger partial charge in [0.15, 0.2) is 0 Å². The van der Waals surface area contributed by atoms with E-state index in [2.05, 4.69) is 17.1 Å². The van der Waals surface area contributed by atoms with Gasteiger partial charge >= 0.3 is 5.97 Å². The molecule has 23 heavy (non-hydrogen) atoms. The number of aliphatic imine (C=N–C) groups is 1. The average molecular weight is 325 g/mol. The summed E-state index contributed by atoms with van der Waals surface area (Å²) in [7, 11) is 0. The van der Waals surface area contributed by atoms with Crippen molar-refractivity contribution in [3.63, 3.8) is 0 Å². The molecular formula is C19H19NO2S. The van der Waals surface area contributed by atoms with Gasteiger partial charge in [-0.1, -0.05) is 48.5 Å². The van der Waals surface area contributed by atoms with Crippen LogP contribution in [0.2, 0.25) is 0 Å². The normalized spacial score (nSPS) is 16.8. The van der Waals surface area contributed by atoms with Crippen LogP contribution in [0.5, 0.6) is 0 Å². The Morgan fingerprint density at radius 2 is 1.74 bits per heavy atom. The summed E-state index contributed by atoms with van der Waals surface area (Å²) in [5.74, 6) is 0.578. The lowest BCUT2D eigenvalue weighted by Gasteiger charge is -2.14. The molecule has 0 bridgehead atoms. The zero-order valence-electron chi connectivity index (χ0n) is 12.8. The van der Waals surface area contributed by atoms with Gasteiger partial charge in [-0.15, -0.1) is 11.8 Å². The summed E-state index contributed by atoms with van der Waals surface area (Å²) in [6.07, 6.45) is 2.61. The number of nitrogens with zero attached hydrogens (tertiary/aromatic N) is 1. The lowest BCUT2D eigenvalue weighted by Crippen LogP contribution is -2.24. The lowest BCUT2D eigenvalue weighted by atomic mass is 10.0. The molecule has 0 fully saturated rings. The van der Waals surface area contributed by atoms with Crippen molar-refractivity contribution in [2.75, 3.05) is 5.75 Å². The van der Waals surface area contributed by atoms with Crippen molar-refractivity contribution < 1.29 is 9.53 Å². The van der Waals surface area contributed by atoms with E-state index < -0.39 is 0 Å². The Kier molecular flexibility index (Phi) is 5.48. The third-order valence-electron chi connectivity index (χ3n) is 3.70. The van der Waals surface area contributed by atoms with Gasteiger partial charge in [-0.05, 0) is 29.9 Å². The van der Waals surface area contributed by atoms with Crippen LogP contribution in [0.1, 0.15) is 12.0 Å². The minimum absolute atomic E-state index is 0.0367. The summed E-state index contributed by atoms with van der Waals surface area (Å²) in [6.45, 7) is 0.328. The van der Waals surface area contributed by atoms with E-state index in [1.165, 1.54) is 4.90 Å². The monoisotopic (exact) mass is 325 g/mol. The Labute approximate surface area is 140 Å². The Morgan fingerprint density at radius 3 is 2.39 bits per heavy atom. The average Bonchev–Trinajstić information content (AvgIpc) is 3.43. The highest BCUT2D eigenvalue weighted by atomic mass is 32.2. The first-order valence-electron chi connectivity index (χ1n) is 7.74. The third-order valence-corrected chi connectivity index (χ3v) is 4.75. The molecule has 0 spiro atoms. The van der Waals surface area contributed by atoms with Crippen LogP contribution in [0.4, 0.5) is 0 Å². The first-order chi connectivity index (χ1) is 11.3. The fourth-order valence-electron chi connectivity index (χ4n) is 2.34. The van der Waals surface area contributed by atoms with Gasteiger partial charge in [0.1, 0.15) is 6.61 Å². The molecule has 1 heterocycles. The first-order valence-corrected chi connectivity index (χ1v) is 8.73. The topological polar surface area (TPSA) is 38.7 Å². The van der Waals surface area contributed by atoms with Crippen molar-refractivity contribution in [2.45, 2.75) is 24.0 Å². The van der Waals surface area contributed by atoms with Gasteiger partial charge in [0.25, 0.3) is 0 Å². The Bertz CT molecular complexity index is 652. The molecular weight excluding hydrogens is 306 g/mol. The predicted molar refractivity (Wildman–Crippen MR) is 93.8 cm³/mol. The number of esters is 1. The van der Waals surface area contributed by atoms with Crippen LogP contribution in [0.25, 0.3) is 0 Å². The number of hydrogen-bond donors (Lipinski definition) is 0. The zero-order valence-corrected chi connectivity index (χ0v) is 13.6. The summed E-state index contributed by atoms with van der Waals surface area (Å²) >= 11 is 1.76. The maximum Gasteiger partial charge on any atom is 0.311 e. The van der Waals surface area contributed by atoms with E-state index in [0.717, 1.165) is 17.7 Å². The van der Waals surface area contributed by atoms with Crippen molar-refractivity contribution in [3.05, 3.63) is 66.2 Å². The number of rotatable bonds is 8. The zero-order chi connectivity index (χ0) is 15.9. The van der Waals surface area contributed by atoms with E-state index in [1.54, 1.807) is 11.8 Å². The second-order valence-corrected chi connectivity index (χ2v) is 6.61. The van der Waals surface area contributed by atoms with Crippen molar-refractivity contribution >= 4 is 23.9 Å². The minimum Gasteiger partial charge on any atom is -0.461 e. The molecule has 118 valence electrons. The second kappa shape index (κ2) is 7.97. The van der Waals surface area contributed by atoms with Gasteiger partial charge in [-0.2, -0.15) is 0 Å². The predicted octanol–water partition coefficient (Wildman–Crippen LogP) is 3.98. The number of carbonyl (C=O) groups is 1. The molecule has 0 aromatic heterocycles. The number of carbonyl (C=O) groups excluding carboxylic acids is 1. The van der Waals surface area contributed by atoms with E-state index in [0.29, 0.717) is 6.61 Å². The van der Waals surface area contributed by atoms with Gasteiger partial charge in [0.2, 0.25) is 0 Å². The standard InChI is InChI=1S/C19H19NO2S/c21-19(22-14-15-7-3-1-4-8-15)17(18-13-20-18)11-12-23-16-9-5-2-6-10-16/h1-10,13,17-18H,11-12,14H2. The maximum absolute atomic E-state index is 12.3. The molecule has 2 unspecified atom stereocenters. The molecule has 0 amide bonds. The molecule has 1 aliphatic heterocycles. The highest BCUT2D eigenvalue weighted by molar-refractivity contribution is 7.99. The third kappa shape index (κ3) is 4.96. The van der Waals surface area contributed by atoms with Crippen LogP contribution in [0, 0.1) is 5.92 Å². The van der Waals surface area contributed by atoms with Crippen LogP contribution >= 0.6 is 11.8 Å². The van der Waals surface area contributed by atoms with Crippen LogP contribution in [-0.4, -0.2) is 24.0 Å². The van der Waals surface area contributed by atoms with E-state index in [9.17, 15) is 4.79 Å². The Morgan fingerprint density at radius 1 is 1.09 bits per heavy atom. The number of benzene rings is 2. The van der Waals surface area contributed by atoms with Crippen LogP contribution in [-0.2, 0) is 16.1 Å². The van der Waals surface area contributed by atoms with E-state index >= 15 is 0 Å². The van der Waals surface area contributed by atoms with Gasteiger partial charge in [0, 0.05) is 11.1 Å². The van der Waals surface area contributed by atoms with Crippen LogP contribution in [0.3, 0.4) is 0 Å². The Balaban J connectivity index is 1.47. The molecule has 2 atom stereocenters. The molecule has 0 saturated heterocycles. The highest BCUT2D eigenvalue weighted by Gasteiger charge is 2.33. The number of thioether (sulfide) groups is 1. The summed E-state index contributed by atoms with van der Waals surface area (Å²) in [6, 6.07) is 20.0. The maximum atomic E-state index is 12.3. The van der Waals surface area contributed by atoms with Crippen molar-refractivity contribution in [1.29, 1.82) is 0 Å². The highest BCUT2D eigenvalue weighted by Crippen LogP contribution is 2.25. The van der Waals surface area contributed by atoms with Gasteiger partial charge < -0.3 is 4.74 Å². The van der Waals surface area contributed by atoms with Crippen molar-refractivity contribution in [1.82, 2.24) is 0 Å². The van der Waals surface area contributed by atoms with Crippen LogP contribution in [0.15, 0.2) is 70.6 Å². The number of hydrogen-bond acceptors (Lipinski definition) is 4. The van der Waals surface area contributed by atoms with E-state index in [-0.39, 0.29) is 17.9 Å². The van der Waals surface area contributed by atoms with E-state index in [1.807, 2.05) is 54.7 Å². The molecule has 2 aromatic carbocycles. The molecule has 3 nitrogen and oxygen atoms in total. The molecule has 0 aliphatic carbocycles. The number of ether oxygens (including phenoxy) is 1. The molecule has 2 aromatic rings. The first kappa shape index (κ1) is 15.8. The van der Waals surface area contributed by atoms with Crippen LogP contribution < -0.4 is 0 Å². The largest absolute Gasteiger partial charge is 0.461 e. The summed E-state index contributed by atoms with van der Waals surface area (Å²) in [5.41, 5.74) is 1.01. The molecule has 0 N–H and O–H groups in total. The lowest BCUT2D eigenvalue weighted by molar-refractivity contribution is -0.149. The molecule has 0 saturated carbocycles. The summed E-state index contributed by atoms with van der Waals surface area (Å²) in [5, 5.41) is 0. The van der Waals surface area contributed by atoms with E-state index in [4.69, 9.17) is 4.74 Å². The quantitative estimate of drug-likeness (QED) is 0.544. The minimum atomic E-state index is -0.157. The van der Waals surface area contributed by atoms with Gasteiger partial charge in [-0.3, -0.25) is 9.79 Å². The second-order valence-electron chi connectivity index (χ2n) is 5.44. The van der Waals surface area contributed by atoms with Crippen molar-refractivity contribution in [2.24, 2.45) is 10.9 Å². The molecule has 0 radical (unpaired) electrons. The molecule has 3 rings (SSSR count).